The molecule has 1 aromatic carbocycles. The number of halogens is 1. The summed E-state index contributed by atoms with van der Waals surface area (Å²) < 4.78 is 0. The molecule has 124 valence electrons. The average molecular weight is 341 g/mol. The van der Waals surface area contributed by atoms with Gasteiger partial charge in [-0.25, -0.2) is 0 Å². The molecule has 0 N–H and O–H groups in total. The molecule has 4 heteroatoms. The molecular weight excluding hydrogens is 320 g/mol. The van der Waals surface area contributed by atoms with Crippen LogP contribution in [0.15, 0.2) is 24.3 Å². The molecule has 0 atom stereocenters. The van der Waals surface area contributed by atoms with Gasteiger partial charge < -0.3 is 4.90 Å². The summed E-state index contributed by atoms with van der Waals surface area (Å²) in [4.78, 5) is 20.0. The zero-order valence-electron chi connectivity index (χ0n) is 14.3. The first-order valence-corrected chi connectivity index (χ1v) is 8.96. The molecule has 0 unspecified atom stereocenters. The van der Waals surface area contributed by atoms with Crippen LogP contribution >= 0.6 is 11.6 Å². The quantitative estimate of drug-likeness (QED) is 0.781. The van der Waals surface area contributed by atoms with Crippen LogP contribution in [0.25, 0.3) is 16.6 Å². The summed E-state index contributed by atoms with van der Waals surface area (Å²) in [7, 11) is 0. The highest BCUT2D eigenvalue weighted by Gasteiger charge is 2.41. The standard InChI is InChI=1S/C20H21ClN2O/c1-4-5-8-23-16-11-20(2,3)10-15-18(16)17(19(23)24)13-9-12(21)6-7-14(13)22-15/h6-7,9,11H,4-5,8,10H2,1-3H3. The number of carbonyl (C=O) groups excluding carboxylic acids is 1. The van der Waals surface area contributed by atoms with E-state index in [1.54, 1.807) is 0 Å². The minimum Gasteiger partial charge on any atom is -0.308 e. The third kappa shape index (κ3) is 2.26. The molecule has 1 aliphatic heterocycles. The third-order valence-electron chi connectivity index (χ3n) is 4.91. The van der Waals surface area contributed by atoms with Gasteiger partial charge in [-0.2, -0.15) is 0 Å². The Bertz CT molecular complexity index is 898. The fourth-order valence-electron chi connectivity index (χ4n) is 3.83. The fraction of sp³-hybridized carbons (Fsp3) is 0.400. The lowest BCUT2D eigenvalue weighted by Crippen LogP contribution is -2.27. The second-order valence-corrected chi connectivity index (χ2v) is 7.91. The number of pyridine rings is 1. The molecule has 0 radical (unpaired) electrons. The van der Waals surface area contributed by atoms with Crippen LogP contribution in [0.1, 0.15) is 55.2 Å². The maximum atomic E-state index is 13.2. The molecule has 0 bridgehead atoms. The first-order chi connectivity index (χ1) is 11.4. The Labute approximate surface area is 147 Å². The molecule has 2 aliphatic rings. The molecule has 0 saturated carbocycles. The molecule has 24 heavy (non-hydrogen) atoms. The maximum absolute atomic E-state index is 13.2. The number of aromatic nitrogens is 1. The summed E-state index contributed by atoms with van der Waals surface area (Å²) in [6.07, 6.45) is 5.16. The van der Waals surface area contributed by atoms with Gasteiger partial charge in [0.05, 0.1) is 22.5 Å². The normalized spacial score (nSPS) is 18.1. The summed E-state index contributed by atoms with van der Waals surface area (Å²) in [5, 5.41) is 1.51. The van der Waals surface area contributed by atoms with Crippen molar-refractivity contribution in [3.63, 3.8) is 0 Å². The van der Waals surface area contributed by atoms with Gasteiger partial charge in [-0.05, 0) is 36.5 Å². The smallest absolute Gasteiger partial charge is 0.259 e. The summed E-state index contributed by atoms with van der Waals surface area (Å²) in [5.41, 5.74) is 4.76. The number of fused-ring (bicyclic) bond motifs is 2. The van der Waals surface area contributed by atoms with Crippen molar-refractivity contribution in [2.24, 2.45) is 5.41 Å². The molecular formula is C20H21ClN2O. The summed E-state index contributed by atoms with van der Waals surface area (Å²) in [6, 6.07) is 5.63. The van der Waals surface area contributed by atoms with Gasteiger partial charge in [-0.15, -0.1) is 0 Å². The van der Waals surface area contributed by atoms with Crippen molar-refractivity contribution in [2.75, 3.05) is 6.54 Å². The minimum absolute atomic E-state index is 0.00178. The molecule has 1 aliphatic carbocycles. The van der Waals surface area contributed by atoms with Gasteiger partial charge in [-0.3, -0.25) is 9.78 Å². The molecule has 1 aromatic heterocycles. The van der Waals surface area contributed by atoms with E-state index in [9.17, 15) is 4.79 Å². The van der Waals surface area contributed by atoms with Crippen molar-refractivity contribution >= 4 is 34.1 Å². The van der Waals surface area contributed by atoms with Gasteiger partial charge >= 0.3 is 0 Å². The number of benzene rings is 1. The van der Waals surface area contributed by atoms with Crippen molar-refractivity contribution in [1.82, 2.24) is 9.88 Å². The van der Waals surface area contributed by atoms with E-state index in [2.05, 4.69) is 26.8 Å². The van der Waals surface area contributed by atoms with Crippen LogP contribution in [0.5, 0.6) is 0 Å². The predicted octanol–water partition coefficient (Wildman–Crippen LogP) is 5.07. The Hall–Kier alpha value is -1.87. The van der Waals surface area contributed by atoms with Crippen LogP contribution in [0.3, 0.4) is 0 Å². The first-order valence-electron chi connectivity index (χ1n) is 8.58. The number of allylic oxidation sites excluding steroid dienone is 1. The van der Waals surface area contributed by atoms with Crippen LogP contribution in [0, 0.1) is 5.41 Å². The number of rotatable bonds is 3. The molecule has 4 rings (SSSR count). The lowest BCUT2D eigenvalue weighted by Gasteiger charge is -2.30. The summed E-state index contributed by atoms with van der Waals surface area (Å²) in [5.74, 6) is 0.0957. The van der Waals surface area contributed by atoms with E-state index in [0.717, 1.165) is 59.2 Å². The molecule has 2 aromatic rings. The predicted molar refractivity (Wildman–Crippen MR) is 98.2 cm³/mol. The Morgan fingerprint density at radius 1 is 1.29 bits per heavy atom. The molecule has 3 nitrogen and oxygen atoms in total. The van der Waals surface area contributed by atoms with Crippen LogP contribution in [-0.4, -0.2) is 22.3 Å². The Morgan fingerprint density at radius 2 is 2.08 bits per heavy atom. The Balaban J connectivity index is 2.02. The highest BCUT2D eigenvalue weighted by Crippen LogP contribution is 2.46. The molecule has 0 spiro atoms. The van der Waals surface area contributed by atoms with E-state index in [-0.39, 0.29) is 11.3 Å². The van der Waals surface area contributed by atoms with E-state index in [1.807, 2.05) is 23.1 Å². The van der Waals surface area contributed by atoms with Gasteiger partial charge in [0.15, 0.2) is 0 Å². The van der Waals surface area contributed by atoms with Crippen LogP contribution in [-0.2, 0) is 6.42 Å². The highest BCUT2D eigenvalue weighted by molar-refractivity contribution is 6.31. The average Bonchev–Trinajstić information content (AvgIpc) is 2.78. The third-order valence-corrected chi connectivity index (χ3v) is 5.15. The lowest BCUT2D eigenvalue weighted by molar-refractivity contribution is 0.0850. The zero-order valence-corrected chi connectivity index (χ0v) is 15.1. The number of hydrogen-bond donors (Lipinski definition) is 0. The first kappa shape index (κ1) is 15.6. The van der Waals surface area contributed by atoms with Crippen molar-refractivity contribution in [2.45, 2.75) is 40.0 Å². The van der Waals surface area contributed by atoms with Crippen LogP contribution < -0.4 is 0 Å². The van der Waals surface area contributed by atoms with E-state index in [0.29, 0.717) is 5.02 Å². The molecule has 2 heterocycles. The minimum atomic E-state index is 0.00178. The zero-order chi connectivity index (χ0) is 17.1. The number of amides is 1. The molecule has 1 amide bonds. The van der Waals surface area contributed by atoms with Crippen molar-refractivity contribution in [1.29, 1.82) is 0 Å². The largest absolute Gasteiger partial charge is 0.308 e. The van der Waals surface area contributed by atoms with Gasteiger partial charge in [0.1, 0.15) is 0 Å². The van der Waals surface area contributed by atoms with E-state index in [4.69, 9.17) is 16.6 Å². The fourth-order valence-corrected chi connectivity index (χ4v) is 4.00. The van der Waals surface area contributed by atoms with Gasteiger partial charge in [-0.1, -0.05) is 44.9 Å². The Kier molecular flexibility index (Phi) is 3.47. The van der Waals surface area contributed by atoms with Crippen LogP contribution in [0.4, 0.5) is 0 Å². The maximum Gasteiger partial charge on any atom is 0.259 e. The van der Waals surface area contributed by atoms with Crippen molar-refractivity contribution < 1.29 is 4.79 Å². The SMILES string of the molecule is CCCCN1C(=O)c2c3c(nc4ccc(Cl)cc24)CC(C)(C)C=C31. The van der Waals surface area contributed by atoms with Crippen molar-refractivity contribution in [3.05, 3.63) is 46.1 Å². The van der Waals surface area contributed by atoms with Crippen molar-refractivity contribution in [3.8, 4) is 0 Å². The summed E-state index contributed by atoms with van der Waals surface area (Å²) in [6.45, 7) is 7.32. The Morgan fingerprint density at radius 3 is 2.83 bits per heavy atom. The number of nitrogens with zero attached hydrogens (tertiary/aromatic N) is 2. The topological polar surface area (TPSA) is 33.2 Å². The number of unbranched alkanes of at least 4 members (excludes halogenated alkanes) is 1. The summed E-state index contributed by atoms with van der Waals surface area (Å²) >= 11 is 6.19. The lowest BCUT2D eigenvalue weighted by atomic mass is 9.79. The van der Waals surface area contributed by atoms with Crippen LogP contribution in [0.2, 0.25) is 5.02 Å². The van der Waals surface area contributed by atoms with E-state index < -0.39 is 0 Å². The highest BCUT2D eigenvalue weighted by atomic mass is 35.5. The van der Waals surface area contributed by atoms with Gasteiger partial charge in [0, 0.05) is 22.5 Å². The van der Waals surface area contributed by atoms with Gasteiger partial charge in [0.25, 0.3) is 5.91 Å². The number of carbonyl (C=O) groups is 1. The van der Waals surface area contributed by atoms with Gasteiger partial charge in [0.2, 0.25) is 0 Å². The molecule has 0 fully saturated rings. The monoisotopic (exact) mass is 340 g/mol. The second-order valence-electron chi connectivity index (χ2n) is 7.48. The molecule has 0 saturated heterocycles. The van der Waals surface area contributed by atoms with E-state index in [1.165, 1.54) is 0 Å². The van der Waals surface area contributed by atoms with E-state index >= 15 is 0 Å². The number of hydrogen-bond acceptors (Lipinski definition) is 2. The second kappa shape index (κ2) is 5.32.